The minimum Gasteiger partial charge on any atom is -0.314 e. The Hall–Kier alpha value is -0.640. The van der Waals surface area contributed by atoms with Crippen molar-refractivity contribution in [3.05, 3.63) is 34.9 Å². The molecule has 4 heteroatoms. The van der Waals surface area contributed by atoms with Crippen LogP contribution in [0, 0.1) is 0 Å². The van der Waals surface area contributed by atoms with Crippen LogP contribution >= 0.6 is 23.8 Å². The number of thiocarbonyl (C=S) groups is 1. The van der Waals surface area contributed by atoms with Crippen LogP contribution in [0.4, 0.5) is 0 Å². The second kappa shape index (κ2) is 3.67. The molecule has 0 fully saturated rings. The Balaban J connectivity index is 2.90. The highest BCUT2D eigenvalue weighted by Gasteiger charge is 1.96. The first-order chi connectivity index (χ1) is 5.24. The molecular formula is C7H7ClN2S. The summed E-state index contributed by atoms with van der Waals surface area (Å²) < 4.78 is 0. The number of hydrogen-bond donors (Lipinski definition) is 2. The standard InChI is InChI=1S/C7H7ClN2S/c8-6-3-1-5(2-4-6)7(11)10-9/h1-4H,9H2,(H,10,11). The van der Waals surface area contributed by atoms with Gasteiger partial charge in [-0.05, 0) is 12.1 Å². The average molecular weight is 187 g/mol. The molecule has 0 spiro atoms. The molecule has 0 bridgehead atoms. The van der Waals surface area contributed by atoms with Crippen LogP contribution in [-0.2, 0) is 0 Å². The molecule has 0 radical (unpaired) electrons. The maximum atomic E-state index is 5.66. The van der Waals surface area contributed by atoms with Crippen molar-refractivity contribution in [2.24, 2.45) is 5.84 Å². The molecule has 1 aromatic rings. The highest BCUT2D eigenvalue weighted by Crippen LogP contribution is 2.09. The van der Waals surface area contributed by atoms with Crippen LogP contribution in [0.5, 0.6) is 0 Å². The van der Waals surface area contributed by atoms with Gasteiger partial charge in [0, 0.05) is 10.6 Å². The van der Waals surface area contributed by atoms with E-state index in [0.29, 0.717) is 10.0 Å². The Morgan fingerprint density at radius 3 is 2.36 bits per heavy atom. The molecule has 0 aromatic heterocycles. The van der Waals surface area contributed by atoms with Gasteiger partial charge in [0.15, 0.2) is 0 Å². The Labute approximate surface area is 75.3 Å². The summed E-state index contributed by atoms with van der Waals surface area (Å²) in [6.07, 6.45) is 0. The van der Waals surface area contributed by atoms with Crippen molar-refractivity contribution in [2.45, 2.75) is 0 Å². The van der Waals surface area contributed by atoms with E-state index in [-0.39, 0.29) is 0 Å². The first-order valence-electron chi connectivity index (χ1n) is 3.00. The molecule has 3 N–H and O–H groups in total. The predicted octanol–water partition coefficient (Wildman–Crippen LogP) is 1.48. The first kappa shape index (κ1) is 8.46. The molecule has 0 amide bonds. The fourth-order valence-electron chi connectivity index (χ4n) is 0.685. The van der Waals surface area contributed by atoms with Crippen LogP contribution in [0.3, 0.4) is 0 Å². The number of halogens is 1. The number of hydrazine groups is 1. The minimum absolute atomic E-state index is 0.515. The second-order valence-electron chi connectivity index (χ2n) is 1.98. The normalized spacial score (nSPS) is 9.27. The zero-order valence-corrected chi connectivity index (χ0v) is 7.25. The Morgan fingerprint density at radius 2 is 1.91 bits per heavy atom. The number of nitrogens with two attached hydrogens (primary N) is 1. The van der Waals surface area contributed by atoms with Gasteiger partial charge in [0.1, 0.15) is 4.99 Å². The summed E-state index contributed by atoms with van der Waals surface area (Å²) >= 11 is 10.6. The van der Waals surface area contributed by atoms with Crippen molar-refractivity contribution in [1.29, 1.82) is 0 Å². The van der Waals surface area contributed by atoms with Gasteiger partial charge in [-0.3, -0.25) is 0 Å². The lowest BCUT2D eigenvalue weighted by Gasteiger charge is -2.00. The second-order valence-corrected chi connectivity index (χ2v) is 2.83. The van der Waals surface area contributed by atoms with E-state index in [4.69, 9.17) is 29.7 Å². The summed E-state index contributed by atoms with van der Waals surface area (Å²) in [5.41, 5.74) is 3.26. The lowest BCUT2D eigenvalue weighted by molar-refractivity contribution is 1.05. The molecule has 0 atom stereocenters. The van der Waals surface area contributed by atoms with E-state index in [0.717, 1.165) is 5.56 Å². The van der Waals surface area contributed by atoms with Gasteiger partial charge in [-0.1, -0.05) is 36.0 Å². The molecule has 0 aliphatic heterocycles. The third kappa shape index (κ3) is 2.15. The summed E-state index contributed by atoms with van der Waals surface area (Å²) in [6.45, 7) is 0. The van der Waals surface area contributed by atoms with E-state index in [1.54, 1.807) is 12.1 Å². The molecule has 0 saturated carbocycles. The van der Waals surface area contributed by atoms with Gasteiger partial charge in [0.25, 0.3) is 0 Å². The van der Waals surface area contributed by atoms with Gasteiger partial charge in [-0.25, -0.2) is 5.84 Å². The van der Waals surface area contributed by atoms with Crippen molar-refractivity contribution in [3.8, 4) is 0 Å². The average Bonchev–Trinajstić information content (AvgIpc) is 2.05. The van der Waals surface area contributed by atoms with Gasteiger partial charge in [-0.15, -0.1) is 0 Å². The Morgan fingerprint density at radius 1 is 1.36 bits per heavy atom. The molecule has 58 valence electrons. The minimum atomic E-state index is 0.515. The zero-order chi connectivity index (χ0) is 8.27. The van der Waals surface area contributed by atoms with E-state index in [2.05, 4.69) is 5.43 Å². The van der Waals surface area contributed by atoms with Gasteiger partial charge >= 0.3 is 0 Å². The SMILES string of the molecule is NNC(=S)c1ccc(Cl)cc1. The largest absolute Gasteiger partial charge is 0.314 e. The molecule has 0 saturated heterocycles. The number of benzene rings is 1. The fourth-order valence-corrected chi connectivity index (χ4v) is 0.947. The third-order valence-electron chi connectivity index (χ3n) is 1.24. The molecule has 0 heterocycles. The van der Waals surface area contributed by atoms with Crippen LogP contribution in [0.1, 0.15) is 5.56 Å². The maximum Gasteiger partial charge on any atom is 0.120 e. The molecule has 0 aliphatic carbocycles. The van der Waals surface area contributed by atoms with E-state index in [1.165, 1.54) is 0 Å². The van der Waals surface area contributed by atoms with Crippen LogP contribution in [0.15, 0.2) is 24.3 Å². The summed E-state index contributed by atoms with van der Waals surface area (Å²) in [5, 5.41) is 0.688. The van der Waals surface area contributed by atoms with Crippen molar-refractivity contribution >= 4 is 28.8 Å². The van der Waals surface area contributed by atoms with Gasteiger partial charge < -0.3 is 5.43 Å². The van der Waals surface area contributed by atoms with E-state index < -0.39 is 0 Å². The molecule has 1 rings (SSSR count). The number of hydrogen-bond acceptors (Lipinski definition) is 2. The Kier molecular flexibility index (Phi) is 2.82. The molecule has 0 unspecified atom stereocenters. The summed E-state index contributed by atoms with van der Waals surface area (Å²) in [7, 11) is 0. The van der Waals surface area contributed by atoms with E-state index in [9.17, 15) is 0 Å². The smallest absolute Gasteiger partial charge is 0.120 e. The highest BCUT2D eigenvalue weighted by atomic mass is 35.5. The first-order valence-corrected chi connectivity index (χ1v) is 3.79. The fraction of sp³-hybridized carbons (Fsp3) is 0. The third-order valence-corrected chi connectivity index (χ3v) is 1.84. The van der Waals surface area contributed by atoms with Gasteiger partial charge in [0.05, 0.1) is 0 Å². The zero-order valence-electron chi connectivity index (χ0n) is 5.67. The Bertz CT molecular complexity index is 258. The van der Waals surface area contributed by atoms with E-state index in [1.807, 2.05) is 12.1 Å². The van der Waals surface area contributed by atoms with Crippen LogP contribution < -0.4 is 11.3 Å². The van der Waals surface area contributed by atoms with Crippen molar-refractivity contribution in [3.63, 3.8) is 0 Å². The number of nitrogens with one attached hydrogen (secondary N) is 1. The molecule has 0 aliphatic rings. The topological polar surface area (TPSA) is 38.0 Å². The summed E-state index contributed by atoms with van der Waals surface area (Å²) in [6, 6.07) is 7.15. The lowest BCUT2D eigenvalue weighted by atomic mass is 10.2. The van der Waals surface area contributed by atoms with Crippen molar-refractivity contribution in [1.82, 2.24) is 5.43 Å². The van der Waals surface area contributed by atoms with Crippen molar-refractivity contribution < 1.29 is 0 Å². The van der Waals surface area contributed by atoms with Gasteiger partial charge in [-0.2, -0.15) is 0 Å². The monoisotopic (exact) mass is 186 g/mol. The predicted molar refractivity (Wildman–Crippen MR) is 50.5 cm³/mol. The lowest BCUT2D eigenvalue weighted by Crippen LogP contribution is -2.28. The molecule has 2 nitrogen and oxygen atoms in total. The van der Waals surface area contributed by atoms with Crippen molar-refractivity contribution in [2.75, 3.05) is 0 Å². The van der Waals surface area contributed by atoms with Crippen LogP contribution in [0.2, 0.25) is 5.02 Å². The quantitative estimate of drug-likeness (QED) is 0.397. The molecule has 11 heavy (non-hydrogen) atoms. The summed E-state index contributed by atoms with van der Waals surface area (Å²) in [5.74, 6) is 5.12. The number of rotatable bonds is 1. The van der Waals surface area contributed by atoms with Crippen LogP contribution in [-0.4, -0.2) is 4.99 Å². The molecule has 1 aromatic carbocycles. The van der Waals surface area contributed by atoms with E-state index >= 15 is 0 Å². The van der Waals surface area contributed by atoms with Crippen LogP contribution in [0.25, 0.3) is 0 Å². The maximum absolute atomic E-state index is 5.66. The highest BCUT2D eigenvalue weighted by molar-refractivity contribution is 7.80. The summed E-state index contributed by atoms with van der Waals surface area (Å²) in [4.78, 5) is 0.515. The van der Waals surface area contributed by atoms with Gasteiger partial charge in [0.2, 0.25) is 0 Å². The molecular weight excluding hydrogens is 180 g/mol.